The third-order valence-electron chi connectivity index (χ3n) is 7.03. The molecule has 0 amide bonds. The van der Waals surface area contributed by atoms with Crippen molar-refractivity contribution in [2.24, 2.45) is 0 Å². The number of hydrogen-bond donors (Lipinski definition) is 6. The highest BCUT2D eigenvalue weighted by Crippen LogP contribution is 2.33. The van der Waals surface area contributed by atoms with E-state index in [-0.39, 0.29) is 13.2 Å². The van der Waals surface area contributed by atoms with Crippen molar-refractivity contribution in [1.29, 1.82) is 0 Å². The number of aromatic nitrogens is 1. The molecular formula is C30H34N2O10. The molecule has 1 saturated heterocycles. The molecule has 1 aliphatic heterocycles. The monoisotopic (exact) mass is 582 g/mol. The minimum Gasteiger partial charge on any atom is -0.493 e. The lowest BCUT2D eigenvalue weighted by Gasteiger charge is -2.39. The van der Waals surface area contributed by atoms with Gasteiger partial charge in [0.2, 0.25) is 0 Å². The zero-order valence-corrected chi connectivity index (χ0v) is 22.9. The molecular weight excluding hydrogens is 548 g/mol. The van der Waals surface area contributed by atoms with Crippen molar-refractivity contribution < 1.29 is 48.9 Å². The number of H-pyrrole nitrogens is 1. The maximum absolute atomic E-state index is 11.6. The molecule has 5 rings (SSSR count). The van der Waals surface area contributed by atoms with Gasteiger partial charge in [0.05, 0.1) is 12.6 Å². The zero-order chi connectivity index (χ0) is 29.6. The minimum atomic E-state index is -1.82. The largest absolute Gasteiger partial charge is 0.493 e. The molecule has 0 spiro atoms. The summed E-state index contributed by atoms with van der Waals surface area (Å²) >= 11 is 0. The molecule has 0 saturated carbocycles. The molecule has 3 aromatic carbocycles. The summed E-state index contributed by atoms with van der Waals surface area (Å²) < 4.78 is 28.6. The third-order valence-corrected chi connectivity index (χ3v) is 7.03. The van der Waals surface area contributed by atoms with Crippen LogP contribution in [0, 0.1) is 0 Å². The molecule has 0 radical (unpaired) electrons. The average Bonchev–Trinajstić information content (AvgIpc) is 3.39. The Morgan fingerprint density at radius 3 is 2.40 bits per heavy atom. The first-order valence-electron chi connectivity index (χ1n) is 13.5. The number of aliphatic hydroxyl groups excluding tert-OH is 3. The molecule has 12 heteroatoms. The molecule has 12 nitrogen and oxygen atoms in total. The van der Waals surface area contributed by atoms with Crippen LogP contribution in [-0.4, -0.2) is 102 Å². The van der Waals surface area contributed by atoms with Gasteiger partial charge in [-0.1, -0.05) is 36.4 Å². The maximum atomic E-state index is 11.6. The van der Waals surface area contributed by atoms with Crippen molar-refractivity contribution in [2.45, 2.75) is 36.8 Å². The fourth-order valence-corrected chi connectivity index (χ4v) is 4.91. The van der Waals surface area contributed by atoms with E-state index in [1.165, 1.54) is 0 Å². The zero-order valence-electron chi connectivity index (χ0n) is 22.9. The van der Waals surface area contributed by atoms with Gasteiger partial charge in [-0.2, -0.15) is 0 Å². The number of carboxylic acids is 1. The van der Waals surface area contributed by atoms with Crippen molar-refractivity contribution in [3.8, 4) is 17.2 Å². The van der Waals surface area contributed by atoms with Crippen molar-refractivity contribution in [1.82, 2.24) is 10.3 Å². The molecule has 0 aliphatic carbocycles. The molecule has 1 fully saturated rings. The number of hydrogen-bond acceptors (Lipinski definition) is 10. The highest BCUT2D eigenvalue weighted by molar-refractivity contribution is 6.10. The van der Waals surface area contributed by atoms with Gasteiger partial charge in [0, 0.05) is 29.4 Å². The van der Waals surface area contributed by atoms with E-state index >= 15 is 0 Å². The van der Waals surface area contributed by atoms with E-state index in [2.05, 4.69) is 10.3 Å². The van der Waals surface area contributed by atoms with Crippen LogP contribution in [0.2, 0.25) is 0 Å². The van der Waals surface area contributed by atoms with Gasteiger partial charge in [0.25, 0.3) is 0 Å². The minimum absolute atomic E-state index is 0.0120. The van der Waals surface area contributed by atoms with Crippen molar-refractivity contribution in [3.05, 3.63) is 66.7 Å². The van der Waals surface area contributed by atoms with Crippen molar-refractivity contribution in [3.63, 3.8) is 0 Å². The molecule has 6 atom stereocenters. The van der Waals surface area contributed by atoms with Crippen LogP contribution in [0.3, 0.4) is 0 Å². The molecule has 0 bridgehead atoms. The fourth-order valence-electron chi connectivity index (χ4n) is 4.91. The van der Waals surface area contributed by atoms with E-state index in [0.29, 0.717) is 30.4 Å². The lowest BCUT2D eigenvalue weighted by molar-refractivity contribution is -0.305. The second-order valence-electron chi connectivity index (χ2n) is 9.86. The van der Waals surface area contributed by atoms with Crippen LogP contribution in [-0.2, 0) is 14.3 Å². The topological polar surface area (TPSA) is 172 Å². The van der Waals surface area contributed by atoms with E-state index in [1.807, 2.05) is 54.6 Å². The lowest BCUT2D eigenvalue weighted by Crippen LogP contribution is -2.61. The Morgan fingerprint density at radius 1 is 0.905 bits per heavy atom. The Kier molecular flexibility index (Phi) is 9.42. The number of aliphatic hydroxyl groups is 3. The predicted molar refractivity (Wildman–Crippen MR) is 152 cm³/mol. The Morgan fingerprint density at radius 2 is 1.62 bits per heavy atom. The summed E-state index contributed by atoms with van der Waals surface area (Å²) in [4.78, 5) is 14.9. The van der Waals surface area contributed by atoms with Gasteiger partial charge in [-0.15, -0.1) is 0 Å². The van der Waals surface area contributed by atoms with Crippen LogP contribution in [0.1, 0.15) is 0 Å². The van der Waals surface area contributed by atoms with E-state index in [1.54, 1.807) is 19.2 Å². The smallest absolute Gasteiger partial charge is 0.335 e. The maximum Gasteiger partial charge on any atom is 0.335 e. The van der Waals surface area contributed by atoms with Gasteiger partial charge in [-0.25, -0.2) is 4.79 Å². The molecule has 6 N–H and O–H groups in total. The number of benzene rings is 3. The number of fused-ring (bicyclic) bond motifs is 3. The molecule has 1 aliphatic rings. The van der Waals surface area contributed by atoms with E-state index in [0.717, 1.165) is 21.8 Å². The first kappa shape index (κ1) is 29.6. The molecule has 2 heterocycles. The molecule has 4 aromatic rings. The van der Waals surface area contributed by atoms with Crippen LogP contribution in [0.25, 0.3) is 21.8 Å². The van der Waals surface area contributed by atoms with Crippen LogP contribution in [0.15, 0.2) is 66.7 Å². The summed E-state index contributed by atoms with van der Waals surface area (Å²) in [6, 6.07) is 20.8. The molecule has 224 valence electrons. The lowest BCUT2D eigenvalue weighted by atomic mass is 9.99. The van der Waals surface area contributed by atoms with Crippen LogP contribution in [0.5, 0.6) is 17.2 Å². The molecule has 0 unspecified atom stereocenters. The summed E-state index contributed by atoms with van der Waals surface area (Å²) in [5.74, 6) is 0.306. The average molecular weight is 583 g/mol. The highest BCUT2D eigenvalue weighted by atomic mass is 16.7. The number of ether oxygens (including phenoxy) is 5. The normalized spacial score (nSPS) is 23.1. The SMILES string of the molecule is COc1ccccc1OCCNC[C@H](COc1cccc2[nH]c3ccccc3c12)O[C@@H]1O[C@H](C(=O)O)[C@@H](O)[C@H](O)[C@H]1O. The third kappa shape index (κ3) is 6.44. The fraction of sp³-hybridized carbons (Fsp3) is 0.367. The Hall–Kier alpha value is -3.91. The van der Waals surface area contributed by atoms with Gasteiger partial charge in [0.1, 0.15) is 43.4 Å². The summed E-state index contributed by atoms with van der Waals surface area (Å²) in [6.07, 6.45) is -9.38. The number of carboxylic acid groups (broad SMARTS) is 1. The summed E-state index contributed by atoms with van der Waals surface area (Å²) in [5, 5.41) is 45.3. The number of rotatable bonds is 13. The number of aromatic amines is 1. The van der Waals surface area contributed by atoms with Gasteiger partial charge in [-0.05, 0) is 30.3 Å². The number of nitrogens with one attached hydrogen (secondary N) is 2. The van der Waals surface area contributed by atoms with Crippen molar-refractivity contribution >= 4 is 27.8 Å². The Labute approximate surface area is 241 Å². The van der Waals surface area contributed by atoms with Gasteiger partial charge < -0.3 is 54.4 Å². The first-order valence-corrected chi connectivity index (χ1v) is 13.5. The van der Waals surface area contributed by atoms with Crippen molar-refractivity contribution in [2.75, 3.05) is 33.4 Å². The number of para-hydroxylation sites is 3. The van der Waals surface area contributed by atoms with Crippen LogP contribution >= 0.6 is 0 Å². The first-order chi connectivity index (χ1) is 20.4. The van der Waals surface area contributed by atoms with Gasteiger partial charge in [-0.3, -0.25) is 0 Å². The second kappa shape index (κ2) is 13.4. The Balaban J connectivity index is 1.28. The number of aliphatic carboxylic acids is 1. The van der Waals surface area contributed by atoms with E-state index in [9.17, 15) is 25.2 Å². The summed E-state index contributed by atoms with van der Waals surface area (Å²) in [7, 11) is 1.56. The van der Waals surface area contributed by atoms with Gasteiger partial charge >= 0.3 is 5.97 Å². The highest BCUT2D eigenvalue weighted by Gasteiger charge is 2.48. The quantitative estimate of drug-likeness (QED) is 0.127. The van der Waals surface area contributed by atoms with Gasteiger partial charge in [0.15, 0.2) is 23.9 Å². The molecule has 1 aromatic heterocycles. The van der Waals surface area contributed by atoms with Crippen LogP contribution < -0.4 is 19.5 Å². The summed E-state index contributed by atoms with van der Waals surface area (Å²) in [6.45, 7) is 0.893. The molecule has 42 heavy (non-hydrogen) atoms. The number of carbonyl (C=O) groups is 1. The second-order valence-corrected chi connectivity index (χ2v) is 9.86. The van der Waals surface area contributed by atoms with E-state index in [4.69, 9.17) is 23.7 Å². The summed E-state index contributed by atoms with van der Waals surface area (Å²) in [5.41, 5.74) is 1.85. The standard InChI is InChI=1S/C30H34N2O10/c1-38-21-10-4-5-11-22(21)39-14-13-31-15-17(41-30-27(35)25(33)26(34)28(42-30)29(36)37)16-40-23-12-6-9-20-24(23)18-7-2-3-8-19(18)32-20/h2-12,17,25-28,30-35H,13-16H2,1H3,(H,36,37)/t17-,25+,26+,27-,28+,30-/m1/s1. The van der Waals surface area contributed by atoms with E-state index < -0.39 is 42.8 Å². The number of methoxy groups -OCH3 is 1. The Bertz CT molecular complexity index is 1490. The predicted octanol–water partition coefficient (Wildman–Crippen LogP) is 1.65. The van der Waals surface area contributed by atoms with Crippen LogP contribution in [0.4, 0.5) is 0 Å².